The molecule has 10 heterocycles. The van der Waals surface area contributed by atoms with Crippen LogP contribution in [-0.2, 0) is 42.7 Å². The van der Waals surface area contributed by atoms with Crippen molar-refractivity contribution in [2.75, 3.05) is 6.54 Å². The fraction of sp³-hybridized carbons (Fsp3) is 0.878. The van der Waals surface area contributed by atoms with Gasteiger partial charge in [0.25, 0.3) is 0 Å². The molecule has 11 heteroatoms. The monoisotopic (exact) mass is 727 g/mol. The molecule has 52 heavy (non-hydrogen) atoms. The van der Waals surface area contributed by atoms with Crippen LogP contribution in [-0.4, -0.2) is 114 Å². The van der Waals surface area contributed by atoms with Crippen molar-refractivity contribution in [3.05, 3.63) is 24.3 Å². The molecule has 10 aliphatic rings. The van der Waals surface area contributed by atoms with E-state index in [-0.39, 0.29) is 104 Å². The lowest BCUT2D eigenvalue weighted by Crippen LogP contribution is -2.61. The van der Waals surface area contributed by atoms with Gasteiger partial charge in [-0.05, 0) is 80.8 Å². The maximum absolute atomic E-state index is 14.0. The Bertz CT molecular complexity index is 1410. The molecule has 12 bridgehead atoms. The SMILES string of the molecule is C=C1C[C@@H]2CC[C@@]34C[C@@]5(C)O[C@H]6C(O3)[C@H]3OC(CC[C@@H]3O[C@H]6C5O4)CC(=O)C[C@@H]3[C@@H](C)[C@@H](C[C@H](O)CN)O[C@H]3CC3O[C@@H](CCC1O2)C[C@@H](C)C3=C. The van der Waals surface area contributed by atoms with E-state index in [2.05, 4.69) is 33.9 Å². The zero-order valence-corrected chi connectivity index (χ0v) is 31.3. The number of rotatable bonds is 3. The number of ketones is 1. The van der Waals surface area contributed by atoms with Gasteiger partial charge in [0.1, 0.15) is 41.9 Å². The van der Waals surface area contributed by atoms with Gasteiger partial charge < -0.3 is 48.7 Å². The van der Waals surface area contributed by atoms with E-state index in [0.717, 1.165) is 56.1 Å². The lowest BCUT2D eigenvalue weighted by molar-refractivity contribution is -0.294. The number of aliphatic hydroxyl groups is 1. The molecule has 10 saturated heterocycles. The third-order valence-electron chi connectivity index (χ3n) is 14.6. The quantitative estimate of drug-likeness (QED) is 0.399. The van der Waals surface area contributed by atoms with E-state index in [9.17, 15) is 9.90 Å². The predicted octanol–water partition coefficient (Wildman–Crippen LogP) is 4.45. The summed E-state index contributed by atoms with van der Waals surface area (Å²) >= 11 is 0. The smallest absolute Gasteiger partial charge is 0.172 e. The summed E-state index contributed by atoms with van der Waals surface area (Å²) in [5, 5.41) is 10.5. The van der Waals surface area contributed by atoms with Crippen molar-refractivity contribution in [3.63, 3.8) is 0 Å². The van der Waals surface area contributed by atoms with E-state index in [0.29, 0.717) is 44.4 Å². The van der Waals surface area contributed by atoms with Crippen LogP contribution >= 0.6 is 0 Å². The Kier molecular flexibility index (Phi) is 9.62. The Morgan fingerprint density at radius 1 is 0.808 bits per heavy atom. The topological polar surface area (TPSA) is 137 Å². The molecule has 0 amide bonds. The minimum atomic E-state index is -0.803. The summed E-state index contributed by atoms with van der Waals surface area (Å²) in [5.41, 5.74) is 7.57. The normalized spacial score (nSPS) is 53.8. The molecule has 11 nitrogen and oxygen atoms in total. The fourth-order valence-electron chi connectivity index (χ4n) is 11.7. The summed E-state index contributed by atoms with van der Waals surface area (Å²) < 4.78 is 54.5. The van der Waals surface area contributed by atoms with Gasteiger partial charge in [-0.25, -0.2) is 0 Å². The van der Waals surface area contributed by atoms with Gasteiger partial charge in [-0.2, -0.15) is 0 Å². The Labute approximate surface area is 308 Å². The minimum Gasteiger partial charge on any atom is -0.392 e. The van der Waals surface area contributed by atoms with Crippen LogP contribution in [0, 0.1) is 17.8 Å². The van der Waals surface area contributed by atoms with Crippen molar-refractivity contribution in [1.29, 1.82) is 0 Å². The van der Waals surface area contributed by atoms with Crippen molar-refractivity contribution in [1.82, 2.24) is 0 Å². The van der Waals surface area contributed by atoms with Gasteiger partial charge in [0.05, 0.1) is 54.9 Å². The number of hydrogen-bond donors (Lipinski definition) is 2. The highest BCUT2D eigenvalue weighted by atomic mass is 16.8. The molecular formula is C41H61NO10. The van der Waals surface area contributed by atoms with Crippen molar-refractivity contribution < 1.29 is 47.8 Å². The first-order valence-electron chi connectivity index (χ1n) is 20.5. The minimum absolute atomic E-state index is 0.00566. The van der Waals surface area contributed by atoms with E-state index in [1.807, 2.05) is 0 Å². The van der Waals surface area contributed by atoms with Gasteiger partial charge >= 0.3 is 0 Å². The molecule has 1 spiro atoms. The third-order valence-corrected chi connectivity index (χ3v) is 14.6. The van der Waals surface area contributed by atoms with Gasteiger partial charge in [0.2, 0.25) is 0 Å². The van der Waals surface area contributed by atoms with Gasteiger partial charge in [-0.15, -0.1) is 0 Å². The molecule has 19 atom stereocenters. The summed E-state index contributed by atoms with van der Waals surface area (Å²) in [6, 6.07) is 0. The van der Waals surface area contributed by atoms with Crippen LogP contribution in [0.5, 0.6) is 0 Å². The number of carbonyl (C=O) groups excluding carboxylic acids is 1. The lowest BCUT2D eigenvalue weighted by atomic mass is 9.78. The van der Waals surface area contributed by atoms with Crippen LogP contribution in [0.15, 0.2) is 24.3 Å². The fourth-order valence-corrected chi connectivity index (χ4v) is 11.7. The van der Waals surface area contributed by atoms with E-state index >= 15 is 0 Å². The molecule has 0 aromatic rings. The Hall–Kier alpha value is -1.25. The molecule has 0 aromatic heterocycles. The Morgan fingerprint density at radius 2 is 1.58 bits per heavy atom. The molecule has 0 saturated carbocycles. The third kappa shape index (κ3) is 6.40. The number of ether oxygens (including phenoxy) is 8. The van der Waals surface area contributed by atoms with E-state index in [1.54, 1.807) is 0 Å². The number of aliphatic hydroxyl groups excluding tert-OH is 1. The largest absolute Gasteiger partial charge is 0.392 e. The zero-order valence-electron chi connectivity index (χ0n) is 31.3. The van der Waals surface area contributed by atoms with Crippen molar-refractivity contribution in [2.45, 2.75) is 201 Å². The number of fused-ring (bicyclic) bond motifs is 6. The summed E-state index contributed by atoms with van der Waals surface area (Å²) in [4.78, 5) is 14.0. The number of carbonyl (C=O) groups is 1. The highest BCUT2D eigenvalue weighted by Crippen LogP contribution is 2.58. The standard InChI is InChI=1S/C41H61NO10/c1-20-12-26-6-8-30-21(2)13-28(45-30)10-11-41-19-40(5)39(52-41)38-37(50-40)36(51-41)35-31(49-38)9-7-27(47-35)14-24(43)15-29-23(4)32(16-25(44)18-42)48-34(29)17-33(46-26)22(20)3/h20,23,25-39,44H,2-3,6-19,42H2,1,4-5H3/t20-,23-,25+,26+,27?,28+,29-,30?,31+,32-,33?,34+,35+,36?,37+,38-,39?,40-,41-/m1/s1. The average Bonchev–Trinajstić information content (AvgIpc) is 3.73. The van der Waals surface area contributed by atoms with E-state index in [1.165, 1.54) is 0 Å². The number of hydrogen-bond acceptors (Lipinski definition) is 11. The number of Topliss-reactive ketones (excluding diaryl/α,β-unsaturated/α-hetero) is 1. The average molecular weight is 728 g/mol. The second-order valence-electron chi connectivity index (χ2n) is 18.3. The zero-order chi connectivity index (χ0) is 36.1. The molecule has 10 fully saturated rings. The molecule has 0 aromatic carbocycles. The molecule has 290 valence electrons. The highest BCUT2D eigenvalue weighted by molar-refractivity contribution is 5.79. The van der Waals surface area contributed by atoms with Gasteiger partial charge in [-0.3, -0.25) is 4.79 Å². The van der Waals surface area contributed by atoms with Crippen LogP contribution in [0.25, 0.3) is 0 Å². The summed E-state index contributed by atoms with van der Waals surface area (Å²) in [6.45, 7) is 15.6. The van der Waals surface area contributed by atoms with Crippen LogP contribution in [0.1, 0.15) is 104 Å². The number of nitrogens with two attached hydrogens (primary N) is 1. The van der Waals surface area contributed by atoms with Crippen molar-refractivity contribution >= 4 is 5.78 Å². The second kappa shape index (κ2) is 13.7. The van der Waals surface area contributed by atoms with Crippen LogP contribution in [0.2, 0.25) is 0 Å². The molecular weight excluding hydrogens is 666 g/mol. The first-order chi connectivity index (χ1) is 24.9. The molecule has 0 aliphatic carbocycles. The van der Waals surface area contributed by atoms with Crippen molar-refractivity contribution in [3.8, 4) is 0 Å². The first kappa shape index (κ1) is 36.4. The molecule has 10 aliphatic heterocycles. The van der Waals surface area contributed by atoms with Crippen LogP contribution < -0.4 is 5.73 Å². The summed E-state index contributed by atoms with van der Waals surface area (Å²) in [7, 11) is 0. The summed E-state index contributed by atoms with van der Waals surface area (Å²) in [5.74, 6) is -0.272. The lowest BCUT2D eigenvalue weighted by Gasteiger charge is -2.47. The van der Waals surface area contributed by atoms with Crippen molar-refractivity contribution in [2.24, 2.45) is 23.5 Å². The molecule has 3 N–H and O–H groups in total. The Morgan fingerprint density at radius 3 is 2.40 bits per heavy atom. The first-order valence-corrected chi connectivity index (χ1v) is 20.5. The Balaban J connectivity index is 0.994. The van der Waals surface area contributed by atoms with Crippen LogP contribution in [0.3, 0.4) is 0 Å². The van der Waals surface area contributed by atoms with Gasteiger partial charge in [0.15, 0.2) is 5.79 Å². The van der Waals surface area contributed by atoms with Gasteiger partial charge in [-0.1, -0.05) is 27.0 Å². The second-order valence-corrected chi connectivity index (χ2v) is 18.3. The summed E-state index contributed by atoms with van der Waals surface area (Å²) in [6.07, 6.45) is 6.17. The van der Waals surface area contributed by atoms with Gasteiger partial charge in [0, 0.05) is 45.1 Å². The van der Waals surface area contributed by atoms with E-state index in [4.69, 9.17) is 43.6 Å². The molecule has 0 radical (unpaired) electrons. The highest BCUT2D eigenvalue weighted by Gasteiger charge is 2.73. The maximum atomic E-state index is 14.0. The maximum Gasteiger partial charge on any atom is 0.172 e. The predicted molar refractivity (Wildman–Crippen MR) is 189 cm³/mol. The van der Waals surface area contributed by atoms with Crippen LogP contribution in [0.4, 0.5) is 0 Å². The van der Waals surface area contributed by atoms with E-state index < -0.39 is 17.5 Å². The molecule has 10 rings (SSSR count). The molecule has 5 unspecified atom stereocenters.